The summed E-state index contributed by atoms with van der Waals surface area (Å²) in [7, 11) is 0. The highest BCUT2D eigenvalue weighted by Gasteiger charge is 2.18. The van der Waals surface area contributed by atoms with Crippen LogP contribution in [0.4, 0.5) is 17.3 Å². The van der Waals surface area contributed by atoms with Crippen LogP contribution in [0.5, 0.6) is 0 Å². The van der Waals surface area contributed by atoms with Crippen LogP contribution < -0.4 is 10.2 Å². The molecule has 0 atom stereocenters. The molecular formula is C21H19N5. The number of fused-ring (bicyclic) bond motifs is 1. The van der Waals surface area contributed by atoms with E-state index in [9.17, 15) is 0 Å². The molecule has 0 radical (unpaired) electrons. The van der Waals surface area contributed by atoms with Crippen molar-refractivity contribution in [2.24, 2.45) is 0 Å². The van der Waals surface area contributed by atoms with Gasteiger partial charge in [0.2, 0.25) is 0 Å². The first-order valence-corrected chi connectivity index (χ1v) is 8.66. The molecule has 4 rings (SSSR count). The Hall–Kier alpha value is -3.39. The zero-order chi connectivity index (χ0) is 17.9. The summed E-state index contributed by atoms with van der Waals surface area (Å²) in [6.45, 7) is 3.72. The molecule has 1 aliphatic heterocycles. The fraction of sp³-hybridized carbons (Fsp3) is 0.190. The minimum Gasteiger partial charge on any atom is -0.352 e. The van der Waals surface area contributed by atoms with E-state index in [1.54, 1.807) is 12.1 Å². The van der Waals surface area contributed by atoms with E-state index < -0.39 is 0 Å². The monoisotopic (exact) mass is 341 g/mol. The number of rotatable bonds is 3. The van der Waals surface area contributed by atoms with Crippen molar-refractivity contribution < 1.29 is 0 Å². The van der Waals surface area contributed by atoms with Crippen molar-refractivity contribution in [2.45, 2.75) is 19.9 Å². The van der Waals surface area contributed by atoms with Gasteiger partial charge in [-0.3, -0.25) is 0 Å². The summed E-state index contributed by atoms with van der Waals surface area (Å²) in [6, 6.07) is 20.0. The van der Waals surface area contributed by atoms with Crippen LogP contribution in [0.3, 0.4) is 0 Å². The van der Waals surface area contributed by atoms with Crippen molar-refractivity contribution in [1.82, 2.24) is 9.97 Å². The number of nitriles is 1. The smallest absolute Gasteiger partial charge is 0.136 e. The Morgan fingerprint density at radius 3 is 2.58 bits per heavy atom. The number of hydrogen-bond acceptors (Lipinski definition) is 5. The van der Waals surface area contributed by atoms with Gasteiger partial charge in [0.1, 0.15) is 17.5 Å². The number of nitrogens with one attached hydrogen (secondary N) is 1. The van der Waals surface area contributed by atoms with Crippen molar-refractivity contribution in [3.05, 3.63) is 77.1 Å². The molecule has 0 saturated carbocycles. The van der Waals surface area contributed by atoms with Crippen molar-refractivity contribution >= 4 is 17.3 Å². The SMILES string of the molecule is Cc1nc(Nc2ccc(C#N)cc2)cc(N2CCc3ccccc3C2)n1. The highest BCUT2D eigenvalue weighted by Crippen LogP contribution is 2.25. The molecule has 1 aliphatic rings. The van der Waals surface area contributed by atoms with E-state index in [4.69, 9.17) is 5.26 Å². The summed E-state index contributed by atoms with van der Waals surface area (Å²) in [5, 5.41) is 12.2. The Labute approximate surface area is 153 Å². The van der Waals surface area contributed by atoms with Crippen molar-refractivity contribution in [1.29, 1.82) is 5.26 Å². The minimum atomic E-state index is 0.641. The largest absolute Gasteiger partial charge is 0.352 e. The number of anilines is 3. The van der Waals surface area contributed by atoms with Crippen LogP contribution in [0.1, 0.15) is 22.5 Å². The summed E-state index contributed by atoms with van der Waals surface area (Å²) < 4.78 is 0. The van der Waals surface area contributed by atoms with E-state index in [1.807, 2.05) is 25.1 Å². The zero-order valence-corrected chi connectivity index (χ0v) is 14.6. The molecule has 2 heterocycles. The average Bonchev–Trinajstić information content (AvgIpc) is 2.68. The predicted molar refractivity (Wildman–Crippen MR) is 102 cm³/mol. The molecule has 5 heteroatoms. The molecule has 0 saturated heterocycles. The van der Waals surface area contributed by atoms with Crippen molar-refractivity contribution in [3.63, 3.8) is 0 Å². The van der Waals surface area contributed by atoms with Crippen LogP contribution in [-0.4, -0.2) is 16.5 Å². The third-order valence-corrected chi connectivity index (χ3v) is 4.57. The maximum Gasteiger partial charge on any atom is 0.136 e. The summed E-state index contributed by atoms with van der Waals surface area (Å²) in [4.78, 5) is 11.4. The molecule has 1 N–H and O–H groups in total. The molecule has 0 amide bonds. The second-order valence-corrected chi connectivity index (χ2v) is 6.41. The van der Waals surface area contributed by atoms with Crippen LogP contribution in [-0.2, 0) is 13.0 Å². The maximum absolute atomic E-state index is 8.91. The van der Waals surface area contributed by atoms with E-state index in [-0.39, 0.29) is 0 Å². The summed E-state index contributed by atoms with van der Waals surface area (Å²) in [5.41, 5.74) is 4.32. The third-order valence-electron chi connectivity index (χ3n) is 4.57. The normalized spacial score (nSPS) is 13.0. The fourth-order valence-corrected chi connectivity index (χ4v) is 3.25. The van der Waals surface area contributed by atoms with Crippen LogP contribution in [0, 0.1) is 18.3 Å². The number of aryl methyl sites for hydroxylation is 1. The minimum absolute atomic E-state index is 0.641. The Bertz CT molecular complexity index is 972. The Balaban J connectivity index is 1.57. The Morgan fingerprint density at radius 1 is 1.04 bits per heavy atom. The molecule has 26 heavy (non-hydrogen) atoms. The molecule has 128 valence electrons. The van der Waals surface area contributed by atoms with E-state index in [0.717, 1.165) is 42.7 Å². The lowest BCUT2D eigenvalue weighted by atomic mass is 10.00. The number of hydrogen-bond donors (Lipinski definition) is 1. The number of benzene rings is 2. The van der Waals surface area contributed by atoms with Gasteiger partial charge < -0.3 is 10.2 Å². The number of nitrogens with zero attached hydrogens (tertiary/aromatic N) is 4. The second-order valence-electron chi connectivity index (χ2n) is 6.41. The predicted octanol–water partition coefficient (Wildman–Crippen LogP) is 3.96. The third kappa shape index (κ3) is 3.35. The van der Waals surface area contributed by atoms with Gasteiger partial charge in [-0.2, -0.15) is 5.26 Å². The van der Waals surface area contributed by atoms with E-state index in [0.29, 0.717) is 5.56 Å². The molecule has 5 nitrogen and oxygen atoms in total. The molecular weight excluding hydrogens is 322 g/mol. The van der Waals surface area contributed by atoms with E-state index in [1.165, 1.54) is 11.1 Å². The van der Waals surface area contributed by atoms with Gasteiger partial charge in [0, 0.05) is 24.8 Å². The summed E-state index contributed by atoms with van der Waals surface area (Å²) in [5.74, 6) is 2.43. The molecule has 1 aromatic heterocycles. The number of aromatic nitrogens is 2. The quantitative estimate of drug-likeness (QED) is 0.781. The summed E-state index contributed by atoms with van der Waals surface area (Å²) in [6.07, 6.45) is 1.03. The first-order chi connectivity index (χ1) is 12.7. The van der Waals surface area contributed by atoms with Gasteiger partial charge in [0.15, 0.2) is 0 Å². The molecule has 0 fully saturated rings. The zero-order valence-electron chi connectivity index (χ0n) is 14.6. The van der Waals surface area contributed by atoms with Gasteiger partial charge in [-0.1, -0.05) is 24.3 Å². The molecule has 2 aromatic carbocycles. The molecule has 0 bridgehead atoms. The first kappa shape index (κ1) is 16.1. The van der Waals surface area contributed by atoms with Gasteiger partial charge in [-0.25, -0.2) is 9.97 Å². The highest BCUT2D eigenvalue weighted by atomic mass is 15.2. The average molecular weight is 341 g/mol. The first-order valence-electron chi connectivity index (χ1n) is 8.66. The highest BCUT2D eigenvalue weighted by molar-refractivity contribution is 5.61. The van der Waals surface area contributed by atoms with Gasteiger partial charge in [-0.15, -0.1) is 0 Å². The summed E-state index contributed by atoms with van der Waals surface area (Å²) >= 11 is 0. The molecule has 3 aromatic rings. The molecule has 0 spiro atoms. The standard InChI is InChI=1S/C21H19N5/c1-15-23-20(25-19-8-6-16(13-22)7-9-19)12-21(24-15)26-11-10-17-4-2-3-5-18(17)14-26/h2-9,12H,10-11,14H2,1H3,(H,23,24,25). The van der Waals surface area contributed by atoms with Crippen LogP contribution in [0.2, 0.25) is 0 Å². The maximum atomic E-state index is 8.91. The molecule has 0 unspecified atom stereocenters. The Morgan fingerprint density at radius 2 is 1.81 bits per heavy atom. The topological polar surface area (TPSA) is 64.8 Å². The Kier molecular flexibility index (Phi) is 4.24. The van der Waals surface area contributed by atoms with Gasteiger partial charge >= 0.3 is 0 Å². The van der Waals surface area contributed by atoms with Gasteiger partial charge in [0.25, 0.3) is 0 Å². The van der Waals surface area contributed by atoms with Crippen molar-refractivity contribution in [3.8, 4) is 6.07 Å². The van der Waals surface area contributed by atoms with Gasteiger partial charge in [0.05, 0.1) is 11.6 Å². The van der Waals surface area contributed by atoms with Crippen LogP contribution >= 0.6 is 0 Å². The van der Waals surface area contributed by atoms with Crippen molar-refractivity contribution in [2.75, 3.05) is 16.8 Å². The van der Waals surface area contributed by atoms with Crippen LogP contribution in [0.25, 0.3) is 0 Å². The fourth-order valence-electron chi connectivity index (χ4n) is 3.25. The second kappa shape index (κ2) is 6.85. The van der Waals surface area contributed by atoms with E-state index in [2.05, 4.69) is 50.5 Å². The van der Waals surface area contributed by atoms with Gasteiger partial charge in [-0.05, 0) is 48.7 Å². The molecule has 0 aliphatic carbocycles. The van der Waals surface area contributed by atoms with Crippen LogP contribution in [0.15, 0.2) is 54.6 Å². The lowest BCUT2D eigenvalue weighted by Gasteiger charge is -2.30. The lowest BCUT2D eigenvalue weighted by Crippen LogP contribution is -2.31. The van der Waals surface area contributed by atoms with E-state index >= 15 is 0 Å². The lowest BCUT2D eigenvalue weighted by molar-refractivity contribution is 0.717.